The summed E-state index contributed by atoms with van der Waals surface area (Å²) in [6.45, 7) is 4.33. The Morgan fingerprint density at radius 2 is 1.94 bits per heavy atom. The smallest absolute Gasteiger partial charge is 0.317 e. The summed E-state index contributed by atoms with van der Waals surface area (Å²) in [6, 6.07) is 8.24. The van der Waals surface area contributed by atoms with E-state index in [1.807, 2.05) is 12.1 Å². The molecule has 0 heterocycles. The Balaban J connectivity index is 2.22. The summed E-state index contributed by atoms with van der Waals surface area (Å²) in [5, 5.41) is 0. The molecule has 2 heteroatoms. The van der Waals surface area contributed by atoms with Crippen molar-refractivity contribution >= 4 is 5.97 Å². The molecular formula is C16H18O2. The Hall–Kier alpha value is -1.57. The van der Waals surface area contributed by atoms with Crippen LogP contribution in [0.25, 0.3) is 0 Å². The zero-order valence-corrected chi connectivity index (χ0v) is 11.0. The quantitative estimate of drug-likeness (QED) is 0.559. The molecule has 0 fully saturated rings. The predicted octanol–water partition coefficient (Wildman–Crippen LogP) is 3.04. The molecule has 0 radical (unpaired) electrons. The van der Waals surface area contributed by atoms with Crippen molar-refractivity contribution in [2.45, 2.75) is 25.2 Å². The molecule has 1 aromatic carbocycles. The molecule has 0 amide bonds. The molecule has 94 valence electrons. The van der Waals surface area contributed by atoms with Crippen molar-refractivity contribution in [2.75, 3.05) is 7.11 Å². The first-order valence-electron chi connectivity index (χ1n) is 6.50. The summed E-state index contributed by atoms with van der Waals surface area (Å²) in [5.41, 5.74) is 1.97. The largest absolute Gasteiger partial charge is 0.468 e. The van der Waals surface area contributed by atoms with Gasteiger partial charge in [-0.15, -0.1) is 0 Å². The number of allylic oxidation sites excluding steroid dienone is 2. The number of rotatable bonds is 1. The average molecular weight is 242 g/mol. The van der Waals surface area contributed by atoms with Crippen molar-refractivity contribution in [3.63, 3.8) is 0 Å². The van der Waals surface area contributed by atoms with E-state index in [1.54, 1.807) is 0 Å². The van der Waals surface area contributed by atoms with Gasteiger partial charge in [-0.25, -0.2) is 0 Å². The number of hydrogen-bond acceptors (Lipinski definition) is 2. The van der Waals surface area contributed by atoms with E-state index in [2.05, 4.69) is 38.1 Å². The molecule has 0 N–H and O–H groups in total. The lowest BCUT2D eigenvalue weighted by molar-refractivity contribution is -0.153. The molecule has 4 atom stereocenters. The van der Waals surface area contributed by atoms with Crippen LogP contribution < -0.4 is 0 Å². The standard InChI is InChI=1S/C16H18O2/c1-10-8-9-14-12-6-4-5-7-13(12)16(14,11(10)2)15(17)18-3/h4-11,14H,1-3H3/t10-,11+,14?,16+/m1/s1. The second-order valence-electron chi connectivity index (χ2n) is 5.46. The lowest BCUT2D eigenvalue weighted by Gasteiger charge is -2.54. The molecule has 0 saturated heterocycles. The highest BCUT2D eigenvalue weighted by molar-refractivity contribution is 5.90. The molecule has 0 aliphatic heterocycles. The van der Waals surface area contributed by atoms with E-state index in [4.69, 9.17) is 4.74 Å². The number of esters is 1. The number of ether oxygens (including phenoxy) is 1. The molecule has 18 heavy (non-hydrogen) atoms. The minimum atomic E-state index is -0.459. The normalized spacial score (nSPS) is 36.3. The maximum absolute atomic E-state index is 12.4. The highest BCUT2D eigenvalue weighted by atomic mass is 16.5. The Morgan fingerprint density at radius 3 is 2.67 bits per heavy atom. The fraction of sp³-hybridized carbons (Fsp3) is 0.438. The van der Waals surface area contributed by atoms with Gasteiger partial charge in [-0.2, -0.15) is 0 Å². The first-order chi connectivity index (χ1) is 8.64. The van der Waals surface area contributed by atoms with E-state index < -0.39 is 5.41 Å². The summed E-state index contributed by atoms with van der Waals surface area (Å²) in [7, 11) is 1.49. The zero-order chi connectivity index (χ0) is 12.9. The molecule has 2 aliphatic rings. The lowest BCUT2D eigenvalue weighted by Crippen LogP contribution is -2.57. The molecule has 3 rings (SSSR count). The van der Waals surface area contributed by atoms with Crippen LogP contribution in [0, 0.1) is 11.8 Å². The van der Waals surface area contributed by atoms with Crippen molar-refractivity contribution in [3.05, 3.63) is 47.5 Å². The van der Waals surface area contributed by atoms with Crippen LogP contribution in [-0.4, -0.2) is 13.1 Å². The van der Waals surface area contributed by atoms with E-state index in [0.29, 0.717) is 5.92 Å². The van der Waals surface area contributed by atoms with Crippen LogP contribution in [0.3, 0.4) is 0 Å². The predicted molar refractivity (Wildman–Crippen MR) is 70.3 cm³/mol. The molecular weight excluding hydrogens is 224 g/mol. The second-order valence-corrected chi connectivity index (χ2v) is 5.46. The summed E-state index contributed by atoms with van der Waals surface area (Å²) >= 11 is 0. The van der Waals surface area contributed by atoms with Gasteiger partial charge in [0, 0.05) is 5.92 Å². The SMILES string of the molecule is COC(=O)[C@@]12c3ccccc3C1C=C[C@@H](C)[C@@H]2C. The molecule has 1 aromatic rings. The molecule has 1 unspecified atom stereocenters. The third-order valence-corrected chi connectivity index (χ3v) is 4.87. The van der Waals surface area contributed by atoms with Crippen molar-refractivity contribution in [2.24, 2.45) is 11.8 Å². The number of fused-ring (bicyclic) bond motifs is 4. The Morgan fingerprint density at radius 1 is 1.22 bits per heavy atom. The number of methoxy groups -OCH3 is 1. The maximum atomic E-state index is 12.4. The number of benzene rings is 1. The molecule has 0 bridgehead atoms. The average Bonchev–Trinajstić information content (AvgIpc) is 2.38. The summed E-state index contributed by atoms with van der Waals surface area (Å²) in [6.07, 6.45) is 4.41. The van der Waals surface area contributed by atoms with E-state index in [0.717, 1.165) is 5.56 Å². The van der Waals surface area contributed by atoms with E-state index >= 15 is 0 Å². The highest BCUT2D eigenvalue weighted by Crippen LogP contribution is 2.60. The summed E-state index contributed by atoms with van der Waals surface area (Å²) in [5.74, 6) is 0.769. The fourth-order valence-electron chi connectivity index (χ4n) is 3.72. The summed E-state index contributed by atoms with van der Waals surface area (Å²) in [4.78, 5) is 12.4. The van der Waals surface area contributed by atoms with Gasteiger partial charge in [0.15, 0.2) is 0 Å². The van der Waals surface area contributed by atoms with Crippen molar-refractivity contribution < 1.29 is 9.53 Å². The van der Waals surface area contributed by atoms with Gasteiger partial charge in [0.05, 0.1) is 7.11 Å². The molecule has 2 aliphatic carbocycles. The van der Waals surface area contributed by atoms with Crippen LogP contribution in [0.15, 0.2) is 36.4 Å². The lowest BCUT2D eigenvalue weighted by atomic mass is 9.47. The zero-order valence-electron chi connectivity index (χ0n) is 11.0. The van der Waals surface area contributed by atoms with Crippen LogP contribution >= 0.6 is 0 Å². The van der Waals surface area contributed by atoms with Gasteiger partial charge in [0.25, 0.3) is 0 Å². The number of carbonyl (C=O) groups is 1. The van der Waals surface area contributed by atoms with Gasteiger partial charge in [-0.1, -0.05) is 50.3 Å². The van der Waals surface area contributed by atoms with Gasteiger partial charge in [0.2, 0.25) is 0 Å². The molecule has 0 spiro atoms. The number of carbonyl (C=O) groups excluding carboxylic acids is 1. The van der Waals surface area contributed by atoms with Crippen LogP contribution in [0.1, 0.15) is 30.9 Å². The summed E-state index contributed by atoms with van der Waals surface area (Å²) < 4.78 is 5.12. The minimum Gasteiger partial charge on any atom is -0.468 e. The minimum absolute atomic E-state index is 0.0881. The van der Waals surface area contributed by atoms with Crippen LogP contribution in [0.2, 0.25) is 0 Å². The molecule has 2 nitrogen and oxygen atoms in total. The van der Waals surface area contributed by atoms with E-state index in [-0.39, 0.29) is 17.8 Å². The fourth-order valence-corrected chi connectivity index (χ4v) is 3.72. The van der Waals surface area contributed by atoms with Gasteiger partial charge in [0.1, 0.15) is 5.41 Å². The third-order valence-electron chi connectivity index (χ3n) is 4.87. The van der Waals surface area contributed by atoms with E-state index in [9.17, 15) is 4.79 Å². The maximum Gasteiger partial charge on any atom is 0.317 e. The number of hydrogen-bond donors (Lipinski definition) is 0. The topological polar surface area (TPSA) is 26.3 Å². The van der Waals surface area contributed by atoms with Gasteiger partial charge in [-0.05, 0) is 23.0 Å². The molecule has 0 saturated carbocycles. The Bertz CT molecular complexity index is 532. The Labute approximate surface area is 108 Å². The monoisotopic (exact) mass is 242 g/mol. The second kappa shape index (κ2) is 3.71. The van der Waals surface area contributed by atoms with Gasteiger partial charge < -0.3 is 4.74 Å². The van der Waals surface area contributed by atoms with Crippen molar-refractivity contribution in [1.82, 2.24) is 0 Å². The molecule has 0 aromatic heterocycles. The van der Waals surface area contributed by atoms with Gasteiger partial charge >= 0.3 is 5.97 Å². The third kappa shape index (κ3) is 1.11. The first kappa shape index (κ1) is 11.5. The van der Waals surface area contributed by atoms with E-state index in [1.165, 1.54) is 12.7 Å². The Kier molecular flexibility index (Phi) is 2.37. The van der Waals surface area contributed by atoms with Crippen molar-refractivity contribution in [3.8, 4) is 0 Å². The van der Waals surface area contributed by atoms with Gasteiger partial charge in [-0.3, -0.25) is 4.79 Å². The van der Waals surface area contributed by atoms with Crippen LogP contribution in [0.4, 0.5) is 0 Å². The van der Waals surface area contributed by atoms with Crippen LogP contribution in [0.5, 0.6) is 0 Å². The van der Waals surface area contributed by atoms with Crippen molar-refractivity contribution in [1.29, 1.82) is 0 Å². The first-order valence-corrected chi connectivity index (χ1v) is 6.50. The highest BCUT2D eigenvalue weighted by Gasteiger charge is 2.61. The van der Waals surface area contributed by atoms with Crippen LogP contribution in [-0.2, 0) is 14.9 Å².